The van der Waals surface area contributed by atoms with Crippen molar-refractivity contribution in [1.29, 1.82) is 10.5 Å². The third-order valence-corrected chi connectivity index (χ3v) is 2.68. The lowest BCUT2D eigenvalue weighted by Gasteiger charge is -2.17. The molecule has 1 saturated carbocycles. The number of esters is 1. The van der Waals surface area contributed by atoms with Crippen LogP contribution in [-0.4, -0.2) is 17.7 Å². The lowest BCUT2D eigenvalue weighted by atomic mass is 10.0. The first kappa shape index (κ1) is 13.3. The smallest absolute Gasteiger partial charge is 0.412 e. The molecule has 0 spiro atoms. The molecule has 1 aliphatic carbocycles. The van der Waals surface area contributed by atoms with E-state index >= 15 is 0 Å². The highest BCUT2D eigenvalue weighted by Gasteiger charge is 2.85. The molecule has 0 aliphatic heterocycles. The summed E-state index contributed by atoms with van der Waals surface area (Å²) < 4.78 is 42.5. The fourth-order valence-corrected chi connectivity index (χ4v) is 1.58. The van der Waals surface area contributed by atoms with Gasteiger partial charge in [-0.1, -0.05) is 6.92 Å². The maximum Gasteiger partial charge on any atom is 0.412 e. The van der Waals surface area contributed by atoms with E-state index in [-0.39, 0.29) is 6.42 Å². The van der Waals surface area contributed by atoms with Gasteiger partial charge in [-0.05, 0) is 6.42 Å². The summed E-state index contributed by atoms with van der Waals surface area (Å²) in [6, 6.07) is 2.36. The number of hydrogen-bond donors (Lipinski definition) is 0. The molecule has 17 heavy (non-hydrogen) atoms. The molecule has 0 aromatic heterocycles. The Labute approximate surface area is 95.6 Å². The second-order valence-electron chi connectivity index (χ2n) is 3.85. The molecule has 4 nitrogen and oxygen atoms in total. The van der Waals surface area contributed by atoms with Gasteiger partial charge in [-0.2, -0.15) is 23.7 Å². The number of carbonyl (C=O) groups excluding carboxylic acids is 1. The highest BCUT2D eigenvalue weighted by atomic mass is 19.4. The first-order valence-electron chi connectivity index (χ1n) is 4.89. The molecule has 0 amide bonds. The summed E-state index contributed by atoms with van der Waals surface area (Å²) in [4.78, 5) is 11.1. The summed E-state index contributed by atoms with van der Waals surface area (Å²) in [7, 11) is 0. The molecule has 0 radical (unpaired) electrons. The van der Waals surface area contributed by atoms with E-state index in [9.17, 15) is 18.0 Å². The van der Waals surface area contributed by atoms with Crippen molar-refractivity contribution in [3.8, 4) is 12.1 Å². The van der Waals surface area contributed by atoms with Crippen molar-refractivity contribution >= 4 is 5.97 Å². The van der Waals surface area contributed by atoms with E-state index in [2.05, 4.69) is 4.74 Å². The molecule has 2 atom stereocenters. The monoisotopic (exact) mass is 246 g/mol. The molecule has 0 saturated heterocycles. The summed E-state index contributed by atoms with van der Waals surface area (Å²) >= 11 is 0. The standard InChI is InChI=1S/C10H9F3N2O2/c1-2-3-7(16)17-9(6-15)4-8(9,5-14)10(11,12)13/h2-4H2,1H3. The lowest BCUT2D eigenvalue weighted by molar-refractivity contribution is -0.190. The fraction of sp³-hybridized carbons (Fsp3) is 0.700. The van der Waals surface area contributed by atoms with Crippen LogP contribution in [0, 0.1) is 28.1 Å². The molecule has 0 heterocycles. The Morgan fingerprint density at radius 1 is 1.41 bits per heavy atom. The minimum atomic E-state index is -4.88. The normalized spacial score (nSPS) is 31.2. The Morgan fingerprint density at radius 2 is 2.00 bits per heavy atom. The van der Waals surface area contributed by atoms with Crippen LogP contribution >= 0.6 is 0 Å². The van der Waals surface area contributed by atoms with Gasteiger partial charge in [-0.15, -0.1) is 0 Å². The molecule has 2 unspecified atom stereocenters. The maximum atomic E-state index is 12.6. The van der Waals surface area contributed by atoms with Crippen LogP contribution < -0.4 is 0 Å². The molecule has 0 aromatic rings. The largest absolute Gasteiger partial charge is 0.441 e. The second-order valence-corrected chi connectivity index (χ2v) is 3.85. The number of alkyl halides is 3. The second kappa shape index (κ2) is 3.92. The lowest BCUT2D eigenvalue weighted by Crippen LogP contribution is -2.35. The third-order valence-electron chi connectivity index (χ3n) is 2.68. The molecular formula is C10H9F3N2O2. The van der Waals surface area contributed by atoms with Crippen molar-refractivity contribution in [2.24, 2.45) is 5.41 Å². The van der Waals surface area contributed by atoms with Crippen LogP contribution in [0.4, 0.5) is 13.2 Å². The van der Waals surface area contributed by atoms with Crippen LogP contribution in [0.1, 0.15) is 26.2 Å². The van der Waals surface area contributed by atoms with Gasteiger partial charge in [0.25, 0.3) is 0 Å². The Hall–Kier alpha value is -1.76. The summed E-state index contributed by atoms with van der Waals surface area (Å²) in [5.41, 5.74) is -5.25. The zero-order chi connectivity index (χ0) is 13.3. The van der Waals surface area contributed by atoms with Gasteiger partial charge in [0.05, 0.1) is 6.07 Å². The average Bonchev–Trinajstić information content (AvgIpc) is 2.88. The summed E-state index contributed by atoms with van der Waals surface area (Å²) in [6.07, 6.45) is -5.38. The SMILES string of the molecule is CCCC(=O)OC1(C#N)CC1(C#N)C(F)(F)F. The van der Waals surface area contributed by atoms with Crippen LogP contribution in [0.2, 0.25) is 0 Å². The van der Waals surface area contributed by atoms with Gasteiger partial charge in [-0.25, -0.2) is 0 Å². The molecular weight excluding hydrogens is 237 g/mol. The number of rotatable bonds is 3. The van der Waals surface area contributed by atoms with E-state index in [1.54, 1.807) is 6.92 Å². The van der Waals surface area contributed by atoms with Gasteiger partial charge in [-0.3, -0.25) is 4.79 Å². The van der Waals surface area contributed by atoms with Crippen LogP contribution in [0.25, 0.3) is 0 Å². The molecule has 0 N–H and O–H groups in total. The van der Waals surface area contributed by atoms with Gasteiger partial charge < -0.3 is 4.74 Å². The van der Waals surface area contributed by atoms with E-state index in [0.717, 1.165) is 6.07 Å². The van der Waals surface area contributed by atoms with Gasteiger partial charge in [0, 0.05) is 12.8 Å². The number of nitrogens with zero attached hydrogens (tertiary/aromatic N) is 2. The summed E-state index contributed by atoms with van der Waals surface area (Å²) in [6.45, 7) is 1.65. The highest BCUT2D eigenvalue weighted by molar-refractivity contribution is 5.71. The molecule has 7 heteroatoms. The van der Waals surface area contributed by atoms with E-state index in [4.69, 9.17) is 10.5 Å². The Morgan fingerprint density at radius 3 is 2.29 bits per heavy atom. The van der Waals surface area contributed by atoms with Crippen LogP contribution in [0.15, 0.2) is 0 Å². The summed E-state index contributed by atoms with van der Waals surface area (Å²) in [5, 5.41) is 17.3. The Balaban J connectivity index is 2.95. The van der Waals surface area contributed by atoms with Crippen LogP contribution in [0.5, 0.6) is 0 Å². The molecule has 1 rings (SSSR count). The van der Waals surface area contributed by atoms with Crippen molar-refractivity contribution in [1.82, 2.24) is 0 Å². The van der Waals surface area contributed by atoms with Crippen LogP contribution in [-0.2, 0) is 9.53 Å². The Kier molecular flexibility index (Phi) is 3.07. The molecule has 92 valence electrons. The molecule has 1 aliphatic rings. The first-order chi connectivity index (χ1) is 7.78. The maximum absolute atomic E-state index is 12.6. The topological polar surface area (TPSA) is 73.9 Å². The predicted octanol–water partition coefficient (Wildman–Crippen LogP) is 2.07. The minimum absolute atomic E-state index is 0.0806. The zero-order valence-corrected chi connectivity index (χ0v) is 8.97. The zero-order valence-electron chi connectivity index (χ0n) is 8.97. The van der Waals surface area contributed by atoms with Gasteiger partial charge in [0.2, 0.25) is 11.0 Å². The highest BCUT2D eigenvalue weighted by Crippen LogP contribution is 2.66. The van der Waals surface area contributed by atoms with E-state index in [1.807, 2.05) is 0 Å². The number of ether oxygens (including phenoxy) is 1. The molecule has 1 fully saturated rings. The first-order valence-corrected chi connectivity index (χ1v) is 4.89. The van der Waals surface area contributed by atoms with Crippen molar-refractivity contribution < 1.29 is 22.7 Å². The van der Waals surface area contributed by atoms with Gasteiger partial charge in [0.1, 0.15) is 6.07 Å². The number of hydrogen-bond acceptors (Lipinski definition) is 4. The van der Waals surface area contributed by atoms with E-state index < -0.39 is 29.6 Å². The predicted molar refractivity (Wildman–Crippen MR) is 48.1 cm³/mol. The minimum Gasteiger partial charge on any atom is -0.441 e. The number of halogens is 3. The van der Waals surface area contributed by atoms with E-state index in [1.165, 1.54) is 6.07 Å². The van der Waals surface area contributed by atoms with E-state index in [0.29, 0.717) is 6.42 Å². The number of carbonyl (C=O) groups is 1. The van der Waals surface area contributed by atoms with Crippen LogP contribution in [0.3, 0.4) is 0 Å². The average molecular weight is 246 g/mol. The Bertz CT molecular complexity index is 421. The molecule has 0 bridgehead atoms. The van der Waals surface area contributed by atoms with Gasteiger partial charge >= 0.3 is 12.1 Å². The van der Waals surface area contributed by atoms with Crippen molar-refractivity contribution in [3.63, 3.8) is 0 Å². The number of nitriles is 2. The third kappa shape index (κ3) is 1.82. The summed E-state index contributed by atoms with van der Waals surface area (Å²) in [5.74, 6) is -0.893. The van der Waals surface area contributed by atoms with Crippen molar-refractivity contribution in [2.45, 2.75) is 38.0 Å². The van der Waals surface area contributed by atoms with Crippen molar-refractivity contribution in [2.75, 3.05) is 0 Å². The fourth-order valence-electron chi connectivity index (χ4n) is 1.58. The quantitative estimate of drug-likeness (QED) is 0.714. The van der Waals surface area contributed by atoms with Gasteiger partial charge in [0.15, 0.2) is 0 Å². The molecule has 0 aromatic carbocycles. The van der Waals surface area contributed by atoms with Crippen molar-refractivity contribution in [3.05, 3.63) is 0 Å².